The van der Waals surface area contributed by atoms with E-state index in [4.69, 9.17) is 21.1 Å². The minimum Gasteiger partial charge on any atom is -0.465 e. The standard InChI is InChI=1S/C34H39ClN2O4/c1-34(2)15-14-25(30(21-34)24-8-10-27(35)11-9-24)22-36-16-18-37(19-17-36)28-12-13-29(33(39)40-3)32(20-28)41-31-7-5-4-6-26(31)23-38/h4-13,20,38H,14-19,21-23H2,1-3H3. The molecule has 0 amide bonds. The van der Waals surface area contributed by atoms with Gasteiger partial charge in [0.1, 0.15) is 17.1 Å². The molecule has 5 rings (SSSR count). The molecule has 1 fully saturated rings. The third kappa shape index (κ3) is 6.95. The van der Waals surface area contributed by atoms with Gasteiger partial charge in [0.2, 0.25) is 0 Å². The second kappa shape index (κ2) is 12.7. The van der Waals surface area contributed by atoms with Crippen LogP contribution in [0.2, 0.25) is 5.02 Å². The van der Waals surface area contributed by atoms with Crippen molar-refractivity contribution in [3.63, 3.8) is 0 Å². The predicted octanol–water partition coefficient (Wildman–Crippen LogP) is 7.20. The number of halogens is 1. The van der Waals surface area contributed by atoms with Crippen LogP contribution in [-0.4, -0.2) is 55.8 Å². The SMILES string of the molecule is COC(=O)c1ccc(N2CCN(CC3=C(c4ccc(Cl)cc4)CC(C)(C)CC3)CC2)cc1Oc1ccccc1CO. The average Bonchev–Trinajstić information content (AvgIpc) is 2.98. The Morgan fingerprint density at radius 3 is 2.41 bits per heavy atom. The quantitative estimate of drug-likeness (QED) is 0.287. The van der Waals surface area contributed by atoms with E-state index < -0.39 is 5.97 Å². The maximum atomic E-state index is 12.5. The van der Waals surface area contributed by atoms with Gasteiger partial charge in [-0.2, -0.15) is 0 Å². The largest absolute Gasteiger partial charge is 0.465 e. The van der Waals surface area contributed by atoms with Gasteiger partial charge in [0.05, 0.1) is 13.7 Å². The fraction of sp³-hybridized carbons (Fsp3) is 0.382. The Balaban J connectivity index is 1.31. The maximum Gasteiger partial charge on any atom is 0.341 e. The number of methoxy groups -OCH3 is 1. The van der Waals surface area contributed by atoms with Gasteiger partial charge in [-0.3, -0.25) is 4.90 Å². The molecular weight excluding hydrogens is 536 g/mol. The number of carbonyl (C=O) groups is 1. The fourth-order valence-corrected chi connectivity index (χ4v) is 5.95. The molecule has 1 aliphatic carbocycles. The first-order chi connectivity index (χ1) is 19.8. The van der Waals surface area contributed by atoms with Crippen molar-refractivity contribution in [1.29, 1.82) is 0 Å². The Bertz CT molecular complexity index is 1410. The molecule has 1 saturated heterocycles. The minimum absolute atomic E-state index is 0.154. The van der Waals surface area contributed by atoms with E-state index in [9.17, 15) is 9.90 Å². The van der Waals surface area contributed by atoms with E-state index in [0.717, 1.165) is 56.3 Å². The Morgan fingerprint density at radius 1 is 0.976 bits per heavy atom. The second-order valence-electron chi connectivity index (χ2n) is 11.7. The number of piperazine rings is 1. The van der Waals surface area contributed by atoms with Crippen molar-refractivity contribution in [2.75, 3.05) is 44.7 Å². The zero-order valence-corrected chi connectivity index (χ0v) is 24.9. The summed E-state index contributed by atoms with van der Waals surface area (Å²) in [6.45, 7) is 9.20. The summed E-state index contributed by atoms with van der Waals surface area (Å²) in [5.41, 5.74) is 6.60. The molecular formula is C34H39ClN2O4. The summed E-state index contributed by atoms with van der Waals surface area (Å²) in [6.07, 6.45) is 3.41. The Labute approximate surface area is 248 Å². The first-order valence-corrected chi connectivity index (χ1v) is 14.7. The number of rotatable bonds is 8. The van der Waals surface area contributed by atoms with Crippen molar-refractivity contribution in [2.45, 2.75) is 39.7 Å². The van der Waals surface area contributed by atoms with Crippen LogP contribution >= 0.6 is 11.6 Å². The molecule has 1 N–H and O–H groups in total. The molecule has 1 aliphatic heterocycles. The number of ether oxygens (including phenoxy) is 2. The highest BCUT2D eigenvalue weighted by Crippen LogP contribution is 2.43. The zero-order valence-electron chi connectivity index (χ0n) is 24.2. The van der Waals surface area contributed by atoms with E-state index in [1.165, 1.54) is 24.7 Å². The summed E-state index contributed by atoms with van der Waals surface area (Å²) in [5.74, 6) is 0.473. The number of hydrogen-bond acceptors (Lipinski definition) is 6. The second-order valence-corrected chi connectivity index (χ2v) is 12.2. The van der Waals surface area contributed by atoms with Gasteiger partial charge in [-0.15, -0.1) is 0 Å². The van der Waals surface area contributed by atoms with Crippen LogP contribution in [-0.2, 0) is 11.3 Å². The van der Waals surface area contributed by atoms with Crippen LogP contribution < -0.4 is 9.64 Å². The molecule has 0 unspecified atom stereocenters. The maximum absolute atomic E-state index is 12.5. The molecule has 216 valence electrons. The summed E-state index contributed by atoms with van der Waals surface area (Å²) in [7, 11) is 1.36. The van der Waals surface area contributed by atoms with Crippen LogP contribution in [0.25, 0.3) is 5.57 Å². The van der Waals surface area contributed by atoms with Gasteiger partial charge in [0.15, 0.2) is 0 Å². The van der Waals surface area contributed by atoms with Gasteiger partial charge in [-0.25, -0.2) is 4.79 Å². The van der Waals surface area contributed by atoms with E-state index in [0.29, 0.717) is 28.0 Å². The Hall–Kier alpha value is -3.32. The summed E-state index contributed by atoms with van der Waals surface area (Å²) < 4.78 is 11.2. The molecule has 41 heavy (non-hydrogen) atoms. The number of aliphatic hydroxyl groups excluding tert-OH is 1. The Kier molecular flexibility index (Phi) is 9.03. The summed E-state index contributed by atoms with van der Waals surface area (Å²) in [6, 6.07) is 21.2. The molecule has 3 aromatic rings. The third-order valence-corrected chi connectivity index (χ3v) is 8.52. The van der Waals surface area contributed by atoms with Gasteiger partial charge in [-0.1, -0.05) is 61.4 Å². The molecule has 0 aromatic heterocycles. The minimum atomic E-state index is -0.460. The molecule has 1 heterocycles. The zero-order chi connectivity index (χ0) is 29.0. The highest BCUT2D eigenvalue weighted by Gasteiger charge is 2.29. The molecule has 6 nitrogen and oxygen atoms in total. The number of benzene rings is 3. The van der Waals surface area contributed by atoms with Crippen molar-refractivity contribution in [2.24, 2.45) is 5.41 Å². The molecule has 7 heteroatoms. The highest BCUT2D eigenvalue weighted by atomic mass is 35.5. The summed E-state index contributed by atoms with van der Waals surface area (Å²) in [5, 5.41) is 10.5. The average molecular weight is 575 g/mol. The number of allylic oxidation sites excluding steroid dienone is 1. The van der Waals surface area contributed by atoms with E-state index in [1.807, 2.05) is 36.4 Å². The van der Waals surface area contributed by atoms with E-state index in [-0.39, 0.29) is 6.61 Å². The van der Waals surface area contributed by atoms with E-state index in [2.05, 4.69) is 35.8 Å². The first-order valence-electron chi connectivity index (χ1n) is 14.3. The van der Waals surface area contributed by atoms with Crippen molar-refractivity contribution >= 4 is 28.8 Å². The number of para-hydroxylation sites is 1. The monoisotopic (exact) mass is 574 g/mol. The van der Waals surface area contributed by atoms with Gasteiger partial charge in [0, 0.05) is 55.1 Å². The lowest BCUT2D eigenvalue weighted by Gasteiger charge is -2.39. The lowest BCUT2D eigenvalue weighted by molar-refractivity contribution is 0.0598. The van der Waals surface area contributed by atoms with E-state index >= 15 is 0 Å². The normalized spacial score (nSPS) is 17.4. The summed E-state index contributed by atoms with van der Waals surface area (Å²) >= 11 is 6.19. The molecule has 0 radical (unpaired) electrons. The van der Waals surface area contributed by atoms with Crippen LogP contribution in [0.15, 0.2) is 72.3 Å². The summed E-state index contributed by atoms with van der Waals surface area (Å²) in [4.78, 5) is 17.4. The third-order valence-electron chi connectivity index (χ3n) is 8.26. The lowest BCUT2D eigenvalue weighted by atomic mass is 9.72. The number of esters is 1. The van der Waals surface area contributed by atoms with Gasteiger partial charge in [-0.05, 0) is 66.1 Å². The molecule has 0 saturated carbocycles. The predicted molar refractivity (Wildman–Crippen MR) is 165 cm³/mol. The highest BCUT2D eigenvalue weighted by molar-refractivity contribution is 6.30. The van der Waals surface area contributed by atoms with Crippen molar-refractivity contribution in [3.8, 4) is 11.5 Å². The number of hydrogen-bond donors (Lipinski definition) is 1. The molecule has 2 aliphatic rings. The van der Waals surface area contributed by atoms with Crippen LogP contribution in [0.1, 0.15) is 54.6 Å². The molecule has 0 spiro atoms. The fourth-order valence-electron chi connectivity index (χ4n) is 5.82. The van der Waals surface area contributed by atoms with Crippen LogP contribution in [0.4, 0.5) is 5.69 Å². The molecule has 0 bridgehead atoms. The van der Waals surface area contributed by atoms with Crippen molar-refractivity contribution in [3.05, 3.63) is 94.0 Å². The van der Waals surface area contributed by atoms with Gasteiger partial charge < -0.3 is 19.5 Å². The first kappa shape index (κ1) is 29.2. The van der Waals surface area contributed by atoms with Gasteiger partial charge >= 0.3 is 5.97 Å². The smallest absolute Gasteiger partial charge is 0.341 e. The van der Waals surface area contributed by atoms with E-state index in [1.54, 1.807) is 23.8 Å². The lowest BCUT2D eigenvalue weighted by Crippen LogP contribution is -2.47. The topological polar surface area (TPSA) is 62.2 Å². The molecule has 3 aromatic carbocycles. The van der Waals surface area contributed by atoms with Crippen molar-refractivity contribution in [1.82, 2.24) is 4.90 Å². The van der Waals surface area contributed by atoms with Gasteiger partial charge in [0.25, 0.3) is 0 Å². The van der Waals surface area contributed by atoms with Crippen LogP contribution in [0.3, 0.4) is 0 Å². The number of anilines is 1. The van der Waals surface area contributed by atoms with Crippen molar-refractivity contribution < 1.29 is 19.4 Å². The number of carbonyl (C=O) groups excluding carboxylic acids is 1. The Morgan fingerprint density at radius 2 is 1.71 bits per heavy atom. The number of nitrogens with zero attached hydrogens (tertiary/aromatic N) is 2. The van der Waals surface area contributed by atoms with Crippen LogP contribution in [0.5, 0.6) is 11.5 Å². The van der Waals surface area contributed by atoms with Crippen LogP contribution in [0, 0.1) is 5.41 Å². The number of aliphatic hydroxyl groups is 1. The molecule has 0 atom stereocenters.